The minimum absolute atomic E-state index is 0.250. The van der Waals surface area contributed by atoms with Crippen molar-refractivity contribution in [2.45, 2.75) is 46.8 Å². The first-order chi connectivity index (χ1) is 11.7. The summed E-state index contributed by atoms with van der Waals surface area (Å²) in [7, 11) is 0. The van der Waals surface area contributed by atoms with Gasteiger partial charge in [-0.25, -0.2) is 4.79 Å². The third-order valence-electron chi connectivity index (χ3n) is 4.56. The Kier molecular flexibility index (Phi) is 5.64. The van der Waals surface area contributed by atoms with Crippen LogP contribution in [0.15, 0.2) is 6.07 Å². The summed E-state index contributed by atoms with van der Waals surface area (Å²) >= 11 is 0. The molecule has 0 atom stereocenters. The van der Waals surface area contributed by atoms with Crippen LogP contribution in [0.5, 0.6) is 0 Å². The number of nitrogens with two attached hydrogens (primary N) is 1. The van der Waals surface area contributed by atoms with Gasteiger partial charge in [0, 0.05) is 44.0 Å². The molecule has 25 heavy (non-hydrogen) atoms. The Morgan fingerprint density at radius 1 is 1.24 bits per heavy atom. The standard InChI is InChI=1S/C20H29N3O2/c1-7-17-14(2)16(13-21)12-18(15(17)3)22-8-10-23(11-9-22)19(24)25-20(4,5)6/h1,12H,8-11,13,21H2,2-6H3. The molecular formula is C20H29N3O2. The van der Waals surface area contributed by atoms with Gasteiger partial charge in [0.05, 0.1) is 0 Å². The highest BCUT2D eigenvalue weighted by Crippen LogP contribution is 2.29. The summed E-state index contributed by atoms with van der Waals surface area (Å²) in [6.07, 6.45) is 5.47. The van der Waals surface area contributed by atoms with Gasteiger partial charge in [0.1, 0.15) is 5.60 Å². The Morgan fingerprint density at radius 2 is 1.84 bits per heavy atom. The molecule has 0 aromatic heterocycles. The molecule has 0 radical (unpaired) electrons. The molecule has 0 unspecified atom stereocenters. The Balaban J connectivity index is 2.16. The molecule has 0 aliphatic carbocycles. The van der Waals surface area contributed by atoms with E-state index in [1.54, 1.807) is 4.90 Å². The van der Waals surface area contributed by atoms with E-state index in [0.717, 1.165) is 41.0 Å². The number of anilines is 1. The van der Waals surface area contributed by atoms with E-state index in [4.69, 9.17) is 16.9 Å². The predicted octanol–water partition coefficient (Wildman–Crippen LogP) is 2.80. The summed E-state index contributed by atoms with van der Waals surface area (Å²) in [5.41, 5.74) is 10.7. The minimum Gasteiger partial charge on any atom is -0.444 e. The largest absolute Gasteiger partial charge is 0.444 e. The maximum atomic E-state index is 12.2. The number of amides is 1. The number of nitrogens with zero attached hydrogens (tertiary/aromatic N) is 2. The summed E-state index contributed by atoms with van der Waals surface area (Å²) in [5.74, 6) is 2.80. The van der Waals surface area contributed by atoms with Gasteiger partial charge < -0.3 is 20.3 Å². The van der Waals surface area contributed by atoms with Crippen LogP contribution in [0.4, 0.5) is 10.5 Å². The summed E-state index contributed by atoms with van der Waals surface area (Å²) in [6.45, 7) is 12.9. The Hall–Kier alpha value is -2.19. The molecule has 1 amide bonds. The number of benzene rings is 1. The Labute approximate surface area is 151 Å². The van der Waals surface area contributed by atoms with Crippen LogP contribution >= 0.6 is 0 Å². The van der Waals surface area contributed by atoms with E-state index in [9.17, 15) is 4.79 Å². The highest BCUT2D eigenvalue weighted by Gasteiger charge is 2.27. The van der Waals surface area contributed by atoms with E-state index >= 15 is 0 Å². The average Bonchev–Trinajstić information content (AvgIpc) is 2.54. The molecule has 1 aliphatic heterocycles. The second kappa shape index (κ2) is 7.37. The molecule has 1 saturated heterocycles. The number of rotatable bonds is 2. The van der Waals surface area contributed by atoms with Crippen LogP contribution in [-0.2, 0) is 11.3 Å². The van der Waals surface area contributed by atoms with Crippen molar-refractivity contribution in [2.75, 3.05) is 31.1 Å². The van der Waals surface area contributed by atoms with E-state index in [2.05, 4.69) is 23.8 Å². The van der Waals surface area contributed by atoms with Gasteiger partial charge in [0.25, 0.3) is 0 Å². The lowest BCUT2D eigenvalue weighted by molar-refractivity contribution is 0.0240. The Bertz CT molecular complexity index is 690. The van der Waals surface area contributed by atoms with Gasteiger partial charge in [-0.15, -0.1) is 6.42 Å². The first-order valence-electron chi connectivity index (χ1n) is 8.70. The number of hydrogen-bond acceptors (Lipinski definition) is 4. The van der Waals surface area contributed by atoms with E-state index in [1.807, 2.05) is 27.7 Å². The van der Waals surface area contributed by atoms with E-state index in [0.29, 0.717) is 19.6 Å². The van der Waals surface area contributed by atoms with Crippen molar-refractivity contribution in [2.24, 2.45) is 5.73 Å². The maximum Gasteiger partial charge on any atom is 0.410 e. The second-order valence-electron chi connectivity index (χ2n) is 7.48. The van der Waals surface area contributed by atoms with Gasteiger partial charge in [0.15, 0.2) is 0 Å². The van der Waals surface area contributed by atoms with E-state index in [1.165, 1.54) is 0 Å². The fourth-order valence-corrected chi connectivity index (χ4v) is 3.16. The molecule has 2 rings (SSSR count). The fourth-order valence-electron chi connectivity index (χ4n) is 3.16. The van der Waals surface area contributed by atoms with Gasteiger partial charge in [-0.2, -0.15) is 0 Å². The van der Waals surface area contributed by atoms with Crippen LogP contribution in [0.25, 0.3) is 0 Å². The van der Waals surface area contributed by atoms with Gasteiger partial charge >= 0.3 is 6.09 Å². The van der Waals surface area contributed by atoms with Crippen molar-refractivity contribution in [3.8, 4) is 12.3 Å². The number of carbonyl (C=O) groups excluding carboxylic acids is 1. The van der Waals surface area contributed by atoms with Gasteiger partial charge in [-0.05, 0) is 57.4 Å². The summed E-state index contributed by atoms with van der Waals surface area (Å²) in [6, 6.07) is 2.13. The zero-order chi connectivity index (χ0) is 18.8. The van der Waals surface area contributed by atoms with Crippen molar-refractivity contribution in [3.63, 3.8) is 0 Å². The lowest BCUT2D eigenvalue weighted by Gasteiger charge is -2.37. The number of hydrogen-bond donors (Lipinski definition) is 1. The molecule has 2 N–H and O–H groups in total. The average molecular weight is 343 g/mol. The lowest BCUT2D eigenvalue weighted by Crippen LogP contribution is -2.50. The molecule has 0 saturated carbocycles. The number of piperazine rings is 1. The molecule has 5 nitrogen and oxygen atoms in total. The summed E-state index contributed by atoms with van der Waals surface area (Å²) in [4.78, 5) is 16.2. The maximum absolute atomic E-state index is 12.2. The van der Waals surface area contributed by atoms with E-state index < -0.39 is 5.60 Å². The van der Waals surface area contributed by atoms with Crippen LogP contribution < -0.4 is 10.6 Å². The summed E-state index contributed by atoms with van der Waals surface area (Å²) in [5, 5.41) is 0. The molecule has 1 aromatic carbocycles. The van der Waals surface area contributed by atoms with Gasteiger partial charge in [0.2, 0.25) is 0 Å². The number of carbonyl (C=O) groups is 1. The van der Waals surface area contributed by atoms with Crippen LogP contribution in [0.2, 0.25) is 0 Å². The van der Waals surface area contributed by atoms with Crippen LogP contribution in [0.1, 0.15) is 43.0 Å². The predicted molar refractivity (Wildman–Crippen MR) is 102 cm³/mol. The van der Waals surface area contributed by atoms with E-state index in [-0.39, 0.29) is 6.09 Å². The molecule has 1 fully saturated rings. The van der Waals surface area contributed by atoms with Crippen LogP contribution in [0.3, 0.4) is 0 Å². The molecule has 0 spiro atoms. The van der Waals surface area contributed by atoms with Crippen molar-refractivity contribution < 1.29 is 9.53 Å². The lowest BCUT2D eigenvalue weighted by atomic mass is 9.95. The molecule has 5 heteroatoms. The third-order valence-corrected chi connectivity index (χ3v) is 4.56. The molecule has 136 valence electrons. The van der Waals surface area contributed by atoms with Crippen molar-refractivity contribution in [1.29, 1.82) is 0 Å². The van der Waals surface area contributed by atoms with Crippen LogP contribution in [0, 0.1) is 26.2 Å². The van der Waals surface area contributed by atoms with Gasteiger partial charge in [-0.1, -0.05) is 5.92 Å². The highest BCUT2D eigenvalue weighted by molar-refractivity contribution is 5.69. The zero-order valence-corrected chi connectivity index (χ0v) is 16.0. The number of terminal acetylenes is 1. The highest BCUT2D eigenvalue weighted by atomic mass is 16.6. The zero-order valence-electron chi connectivity index (χ0n) is 16.0. The topological polar surface area (TPSA) is 58.8 Å². The second-order valence-corrected chi connectivity index (χ2v) is 7.48. The fraction of sp³-hybridized carbons (Fsp3) is 0.550. The molecule has 1 heterocycles. The smallest absolute Gasteiger partial charge is 0.410 e. The first kappa shape index (κ1) is 19.1. The monoisotopic (exact) mass is 343 g/mol. The molecule has 1 aromatic rings. The first-order valence-corrected chi connectivity index (χ1v) is 8.70. The van der Waals surface area contributed by atoms with Crippen LogP contribution in [-0.4, -0.2) is 42.8 Å². The normalized spacial score (nSPS) is 15.1. The molecule has 1 aliphatic rings. The van der Waals surface area contributed by atoms with Crippen molar-refractivity contribution in [3.05, 3.63) is 28.3 Å². The molecular weight excluding hydrogens is 314 g/mol. The quantitative estimate of drug-likeness (QED) is 0.839. The summed E-state index contributed by atoms with van der Waals surface area (Å²) < 4.78 is 5.46. The Morgan fingerprint density at radius 3 is 2.32 bits per heavy atom. The van der Waals surface area contributed by atoms with Crippen molar-refractivity contribution in [1.82, 2.24) is 4.90 Å². The minimum atomic E-state index is -0.473. The number of ether oxygens (including phenoxy) is 1. The van der Waals surface area contributed by atoms with Gasteiger partial charge in [-0.3, -0.25) is 0 Å². The SMILES string of the molecule is C#Cc1c(C)c(CN)cc(N2CCN(C(=O)OC(C)(C)C)CC2)c1C. The third kappa shape index (κ3) is 4.26. The molecule has 0 bridgehead atoms. The van der Waals surface area contributed by atoms with Crippen molar-refractivity contribution >= 4 is 11.8 Å².